The molecule has 0 aliphatic carbocycles. The van der Waals surface area contributed by atoms with Crippen molar-refractivity contribution in [3.63, 3.8) is 0 Å². The number of ether oxygens (including phenoxy) is 2. The van der Waals surface area contributed by atoms with Gasteiger partial charge in [-0.3, -0.25) is 4.90 Å². The second-order valence-corrected chi connectivity index (χ2v) is 5.45. The summed E-state index contributed by atoms with van der Waals surface area (Å²) < 4.78 is 11.1. The Balaban J connectivity index is 1.78. The van der Waals surface area contributed by atoms with Crippen LogP contribution in [0.25, 0.3) is 0 Å². The second kappa shape index (κ2) is 8.29. The summed E-state index contributed by atoms with van der Waals surface area (Å²) in [6.45, 7) is 3.78. The molecule has 1 saturated heterocycles. The van der Waals surface area contributed by atoms with Crippen molar-refractivity contribution in [1.29, 1.82) is 0 Å². The van der Waals surface area contributed by atoms with E-state index in [1.54, 1.807) is 0 Å². The molecule has 21 heavy (non-hydrogen) atoms. The van der Waals surface area contributed by atoms with Crippen molar-refractivity contribution < 1.29 is 14.6 Å². The highest BCUT2D eigenvalue weighted by atomic mass is 32.1. The van der Waals surface area contributed by atoms with Crippen molar-refractivity contribution in [2.75, 3.05) is 39.5 Å². The predicted molar refractivity (Wildman–Crippen MR) is 85.7 cm³/mol. The minimum atomic E-state index is 0.0997. The summed E-state index contributed by atoms with van der Waals surface area (Å²) in [5, 5.41) is 9.31. The summed E-state index contributed by atoms with van der Waals surface area (Å²) in [6, 6.07) is 7.63. The van der Waals surface area contributed by atoms with Gasteiger partial charge < -0.3 is 20.3 Å². The topological polar surface area (TPSA) is 68.0 Å². The minimum absolute atomic E-state index is 0.0997. The van der Waals surface area contributed by atoms with E-state index in [1.807, 2.05) is 24.3 Å². The molecular formula is C15H22N2O3S. The Morgan fingerprint density at radius 3 is 3.05 bits per heavy atom. The smallest absolute Gasteiger partial charge is 0.129 e. The van der Waals surface area contributed by atoms with E-state index in [0.717, 1.165) is 37.4 Å². The fraction of sp³-hybridized carbons (Fsp3) is 0.533. The Morgan fingerprint density at radius 2 is 2.29 bits per heavy atom. The van der Waals surface area contributed by atoms with Crippen LogP contribution in [-0.2, 0) is 4.74 Å². The van der Waals surface area contributed by atoms with Gasteiger partial charge in [-0.05, 0) is 18.6 Å². The fourth-order valence-electron chi connectivity index (χ4n) is 2.40. The van der Waals surface area contributed by atoms with Crippen LogP contribution < -0.4 is 10.5 Å². The number of aliphatic hydroxyl groups excluding tert-OH is 1. The van der Waals surface area contributed by atoms with Gasteiger partial charge in [-0.1, -0.05) is 24.4 Å². The lowest BCUT2D eigenvalue weighted by Gasteiger charge is -2.34. The Hall–Kier alpha value is -1.21. The van der Waals surface area contributed by atoms with Crippen LogP contribution in [0.2, 0.25) is 0 Å². The molecule has 1 aliphatic rings. The molecule has 3 N–H and O–H groups in total. The molecule has 1 aliphatic heterocycles. The zero-order valence-electron chi connectivity index (χ0n) is 12.0. The molecule has 1 heterocycles. The Kier molecular flexibility index (Phi) is 6.38. The molecule has 1 aromatic carbocycles. The summed E-state index contributed by atoms with van der Waals surface area (Å²) in [7, 11) is 0. The molecule has 116 valence electrons. The first-order valence-electron chi connectivity index (χ1n) is 7.16. The second-order valence-electron chi connectivity index (χ2n) is 5.01. The van der Waals surface area contributed by atoms with E-state index in [0.29, 0.717) is 18.2 Å². The van der Waals surface area contributed by atoms with Crippen molar-refractivity contribution in [3.8, 4) is 5.75 Å². The van der Waals surface area contributed by atoms with E-state index in [-0.39, 0.29) is 12.6 Å². The monoisotopic (exact) mass is 310 g/mol. The van der Waals surface area contributed by atoms with E-state index in [4.69, 9.17) is 27.4 Å². The van der Waals surface area contributed by atoms with Crippen LogP contribution in [0.4, 0.5) is 0 Å². The number of benzene rings is 1. The summed E-state index contributed by atoms with van der Waals surface area (Å²) in [5.74, 6) is 0.727. The molecule has 1 unspecified atom stereocenters. The van der Waals surface area contributed by atoms with Crippen LogP contribution in [0.15, 0.2) is 24.3 Å². The van der Waals surface area contributed by atoms with E-state index in [1.165, 1.54) is 0 Å². The van der Waals surface area contributed by atoms with Gasteiger partial charge in [0.1, 0.15) is 10.7 Å². The number of hydrogen-bond donors (Lipinski definition) is 2. The molecule has 0 saturated carbocycles. The summed E-state index contributed by atoms with van der Waals surface area (Å²) in [5.41, 5.74) is 6.44. The molecule has 1 fully saturated rings. The molecule has 1 atom stereocenters. The average molecular weight is 310 g/mol. The van der Waals surface area contributed by atoms with Gasteiger partial charge in [-0.15, -0.1) is 0 Å². The number of nitrogens with two attached hydrogens (primary N) is 1. The van der Waals surface area contributed by atoms with Crippen LogP contribution >= 0.6 is 12.2 Å². The van der Waals surface area contributed by atoms with Crippen LogP contribution in [0, 0.1) is 0 Å². The highest BCUT2D eigenvalue weighted by molar-refractivity contribution is 7.80. The molecule has 0 radical (unpaired) electrons. The molecule has 0 bridgehead atoms. The summed E-state index contributed by atoms with van der Waals surface area (Å²) in [4.78, 5) is 2.59. The molecule has 5 nitrogen and oxygen atoms in total. The first-order valence-corrected chi connectivity index (χ1v) is 7.57. The molecule has 2 rings (SSSR count). The lowest BCUT2D eigenvalue weighted by molar-refractivity contribution is -0.0287. The molecule has 0 amide bonds. The summed E-state index contributed by atoms with van der Waals surface area (Å²) >= 11 is 5.01. The molecule has 1 aromatic rings. The zero-order chi connectivity index (χ0) is 15.1. The molecular weight excluding hydrogens is 288 g/mol. The molecule has 6 heteroatoms. The van der Waals surface area contributed by atoms with Gasteiger partial charge in [-0.2, -0.15) is 0 Å². The average Bonchev–Trinajstić information content (AvgIpc) is 2.52. The van der Waals surface area contributed by atoms with Gasteiger partial charge in [0, 0.05) is 13.1 Å². The van der Waals surface area contributed by atoms with Gasteiger partial charge in [0.05, 0.1) is 38.0 Å². The lowest BCUT2D eigenvalue weighted by atomic mass is 10.2. The standard InChI is InChI=1S/C15H22N2O3S/c16-15(21)13-4-1-2-5-14(13)20-8-3-6-17-7-9-19-11-12(17)10-18/h1-2,4-5,12,18H,3,6-11H2,(H2,16,21). The highest BCUT2D eigenvalue weighted by Crippen LogP contribution is 2.18. The SMILES string of the molecule is NC(=S)c1ccccc1OCCCN1CCOCC1CO. The third kappa shape index (κ3) is 4.64. The minimum Gasteiger partial charge on any atom is -0.493 e. The summed E-state index contributed by atoms with van der Waals surface area (Å²) in [6.07, 6.45) is 0.877. The van der Waals surface area contributed by atoms with Crippen molar-refractivity contribution in [1.82, 2.24) is 4.90 Å². The number of rotatable bonds is 7. The quantitative estimate of drug-likeness (QED) is 0.573. The van der Waals surface area contributed by atoms with Crippen molar-refractivity contribution in [2.45, 2.75) is 12.5 Å². The maximum absolute atomic E-state index is 9.31. The van der Waals surface area contributed by atoms with E-state index in [9.17, 15) is 5.11 Å². The molecule has 0 aromatic heterocycles. The number of morpholine rings is 1. The Bertz CT molecular complexity index is 470. The molecule has 0 spiro atoms. The third-order valence-electron chi connectivity index (χ3n) is 3.56. The van der Waals surface area contributed by atoms with Crippen molar-refractivity contribution in [3.05, 3.63) is 29.8 Å². The Labute approximate surface area is 130 Å². The zero-order valence-corrected chi connectivity index (χ0v) is 12.8. The van der Waals surface area contributed by atoms with Gasteiger partial charge in [-0.25, -0.2) is 0 Å². The first-order chi connectivity index (χ1) is 10.2. The normalized spacial score (nSPS) is 19.4. The largest absolute Gasteiger partial charge is 0.493 e. The first kappa shape index (κ1) is 16.2. The van der Waals surface area contributed by atoms with Gasteiger partial charge >= 0.3 is 0 Å². The maximum Gasteiger partial charge on any atom is 0.129 e. The van der Waals surface area contributed by atoms with Crippen molar-refractivity contribution >= 4 is 17.2 Å². The van der Waals surface area contributed by atoms with Crippen molar-refractivity contribution in [2.24, 2.45) is 5.73 Å². The van der Waals surface area contributed by atoms with E-state index < -0.39 is 0 Å². The number of aliphatic hydroxyl groups is 1. The Morgan fingerprint density at radius 1 is 1.48 bits per heavy atom. The lowest BCUT2D eigenvalue weighted by Crippen LogP contribution is -2.47. The number of hydrogen-bond acceptors (Lipinski definition) is 5. The van der Waals surface area contributed by atoms with Gasteiger partial charge in [0.2, 0.25) is 0 Å². The van der Waals surface area contributed by atoms with Crippen LogP contribution in [0.1, 0.15) is 12.0 Å². The highest BCUT2D eigenvalue weighted by Gasteiger charge is 2.21. The number of nitrogens with zero attached hydrogens (tertiary/aromatic N) is 1. The number of thiocarbonyl (C=S) groups is 1. The van der Waals surface area contributed by atoms with Gasteiger partial charge in [0.15, 0.2) is 0 Å². The van der Waals surface area contributed by atoms with Gasteiger partial charge in [0.25, 0.3) is 0 Å². The maximum atomic E-state index is 9.31. The van der Waals surface area contributed by atoms with E-state index in [2.05, 4.69) is 4.90 Å². The van der Waals surface area contributed by atoms with Crippen LogP contribution in [-0.4, -0.2) is 60.6 Å². The predicted octanol–water partition coefficient (Wildman–Crippen LogP) is 0.783. The van der Waals surface area contributed by atoms with Crippen LogP contribution in [0.5, 0.6) is 5.75 Å². The van der Waals surface area contributed by atoms with Crippen LogP contribution in [0.3, 0.4) is 0 Å². The number of para-hydroxylation sites is 1. The fourth-order valence-corrected chi connectivity index (χ4v) is 2.57. The van der Waals surface area contributed by atoms with E-state index >= 15 is 0 Å². The third-order valence-corrected chi connectivity index (χ3v) is 3.78.